The quantitative estimate of drug-likeness (QED) is 0.392. The Hall–Kier alpha value is -2.31. The van der Waals surface area contributed by atoms with E-state index in [-0.39, 0.29) is 24.3 Å². The summed E-state index contributed by atoms with van der Waals surface area (Å²) in [5.74, 6) is -12.3. The average molecular weight is 460 g/mol. The first kappa shape index (κ1) is 23.0. The Labute approximate surface area is 155 Å². The summed E-state index contributed by atoms with van der Waals surface area (Å²) in [4.78, 5) is -2.55. The van der Waals surface area contributed by atoms with Crippen LogP contribution in [0.4, 0.5) is 50.2 Å². The Morgan fingerprint density at radius 2 is 0.931 bits per heavy atom. The molecule has 0 spiro atoms. The zero-order valence-electron chi connectivity index (χ0n) is 13.6. The third-order valence-electron chi connectivity index (χ3n) is 3.72. The maximum Gasteiger partial charge on any atom is 0.339 e. The van der Waals surface area contributed by atoms with E-state index in [9.17, 15) is 50.2 Å². The third kappa shape index (κ3) is 4.49. The fourth-order valence-corrected chi connectivity index (χ4v) is 2.87. The van der Waals surface area contributed by atoms with Gasteiger partial charge in [0.05, 0.1) is 0 Å². The highest BCUT2D eigenvalue weighted by Crippen LogP contribution is 3.02. The summed E-state index contributed by atoms with van der Waals surface area (Å²) in [5.41, 5.74) is -4.07. The summed E-state index contributed by atoms with van der Waals surface area (Å²) in [6.07, 6.45) is -2.78. The Morgan fingerprint density at radius 3 is 1.24 bits per heavy atom. The molecule has 0 aliphatic carbocycles. The second-order valence-corrected chi connectivity index (χ2v) is 8.20. The summed E-state index contributed by atoms with van der Waals surface area (Å²) in [5, 5.41) is 0. The molecule has 2 aromatic carbocycles. The number of benzene rings is 2. The lowest BCUT2D eigenvalue weighted by molar-refractivity contribution is -0.223. The summed E-state index contributed by atoms with van der Waals surface area (Å²) in [7, 11) is -10.2. The first-order valence-corrected chi connectivity index (χ1v) is 9.14. The molecule has 0 saturated carbocycles. The zero-order valence-corrected chi connectivity index (χ0v) is 14.4. The molecule has 0 heterocycles. The molecule has 162 valence electrons. The van der Waals surface area contributed by atoms with E-state index in [1.54, 1.807) is 0 Å². The van der Waals surface area contributed by atoms with Gasteiger partial charge in [0.2, 0.25) is 0 Å². The van der Waals surface area contributed by atoms with E-state index in [0.717, 1.165) is 0 Å². The lowest BCUT2D eigenvalue weighted by Crippen LogP contribution is -2.35. The molecule has 0 aromatic heterocycles. The van der Waals surface area contributed by atoms with E-state index in [4.69, 9.17) is 0 Å². The van der Waals surface area contributed by atoms with Crippen molar-refractivity contribution in [2.45, 2.75) is 16.7 Å². The minimum Gasteiger partial charge on any atom is -0.200 e. The number of halogens is 12. The standard InChI is InChI=1S/C16H8F12S/c17-13(14(18)19)9-1-3-10(4-2-9)15(20,21)16(22,23)11-5-7-12(8-6-11)29(24,25,26,27)28/h1-8H. The van der Waals surface area contributed by atoms with E-state index in [2.05, 4.69) is 0 Å². The van der Waals surface area contributed by atoms with Crippen LogP contribution in [-0.2, 0) is 11.8 Å². The monoisotopic (exact) mass is 460 g/mol. The second kappa shape index (κ2) is 6.09. The maximum absolute atomic E-state index is 14.2. The fraction of sp³-hybridized carbons (Fsp3) is 0.125. The molecule has 13 heteroatoms. The van der Waals surface area contributed by atoms with E-state index < -0.39 is 67.7 Å². The molecule has 29 heavy (non-hydrogen) atoms. The van der Waals surface area contributed by atoms with Gasteiger partial charge in [0.1, 0.15) is 4.90 Å². The molecule has 0 saturated heterocycles. The highest BCUT2D eigenvalue weighted by atomic mass is 32.5. The minimum atomic E-state index is -10.2. The van der Waals surface area contributed by atoms with Crippen LogP contribution < -0.4 is 0 Å². The molecule has 0 radical (unpaired) electrons. The van der Waals surface area contributed by atoms with Crippen molar-refractivity contribution in [1.29, 1.82) is 0 Å². The van der Waals surface area contributed by atoms with Crippen LogP contribution in [0.1, 0.15) is 16.7 Å². The van der Waals surface area contributed by atoms with Crippen molar-refractivity contribution in [3.05, 3.63) is 71.3 Å². The van der Waals surface area contributed by atoms with Gasteiger partial charge in [-0.15, -0.1) is 0 Å². The van der Waals surface area contributed by atoms with Crippen LogP contribution in [0.2, 0.25) is 0 Å². The van der Waals surface area contributed by atoms with Crippen LogP contribution in [0.25, 0.3) is 5.83 Å². The van der Waals surface area contributed by atoms with E-state index >= 15 is 0 Å². The lowest BCUT2D eigenvalue weighted by atomic mass is 9.95. The van der Waals surface area contributed by atoms with Crippen LogP contribution in [0.5, 0.6) is 0 Å². The predicted molar refractivity (Wildman–Crippen MR) is 82.3 cm³/mol. The summed E-state index contributed by atoms with van der Waals surface area (Å²) >= 11 is 0. The van der Waals surface area contributed by atoms with Gasteiger partial charge in [0.15, 0.2) is 5.83 Å². The van der Waals surface area contributed by atoms with Gasteiger partial charge in [-0.2, -0.15) is 26.3 Å². The smallest absolute Gasteiger partial charge is 0.200 e. The Bertz CT molecular complexity index is 937. The SMILES string of the molecule is FC(F)=C(F)c1ccc(C(F)(F)C(F)(F)c2ccc(S(F)(F)(F)(F)F)cc2)cc1. The van der Waals surface area contributed by atoms with Crippen LogP contribution in [0, 0.1) is 0 Å². The number of hydrogen-bond donors (Lipinski definition) is 0. The molecule has 2 rings (SSSR count). The van der Waals surface area contributed by atoms with Gasteiger partial charge in [-0.3, -0.25) is 0 Å². The highest BCUT2D eigenvalue weighted by Gasteiger charge is 2.65. The third-order valence-corrected chi connectivity index (χ3v) is 4.89. The molecule has 0 bridgehead atoms. The van der Waals surface area contributed by atoms with Crippen molar-refractivity contribution >= 4 is 16.1 Å². The predicted octanol–water partition coefficient (Wildman–Crippen LogP) is 8.76. The number of alkyl halides is 4. The van der Waals surface area contributed by atoms with Crippen molar-refractivity contribution in [2.75, 3.05) is 0 Å². The van der Waals surface area contributed by atoms with Crippen LogP contribution in [0.3, 0.4) is 0 Å². The molecule has 0 atom stereocenters. The molecule has 0 fully saturated rings. The van der Waals surface area contributed by atoms with Crippen molar-refractivity contribution in [3.8, 4) is 0 Å². The molecular formula is C16H8F12S. The molecule has 2 aromatic rings. The molecule has 0 N–H and O–H groups in total. The van der Waals surface area contributed by atoms with Crippen molar-refractivity contribution < 1.29 is 50.2 Å². The van der Waals surface area contributed by atoms with E-state index in [1.165, 1.54) is 0 Å². The van der Waals surface area contributed by atoms with E-state index in [0.29, 0.717) is 12.1 Å². The van der Waals surface area contributed by atoms with Crippen LogP contribution in [-0.4, -0.2) is 0 Å². The van der Waals surface area contributed by atoms with Gasteiger partial charge in [-0.1, -0.05) is 55.8 Å². The zero-order chi connectivity index (χ0) is 22.5. The average Bonchev–Trinajstić information content (AvgIpc) is 2.59. The van der Waals surface area contributed by atoms with Gasteiger partial charge < -0.3 is 0 Å². The van der Waals surface area contributed by atoms with Gasteiger partial charge in [-0.25, -0.2) is 4.39 Å². The number of rotatable bonds is 5. The largest absolute Gasteiger partial charge is 0.339 e. The molecular weight excluding hydrogens is 452 g/mol. The van der Waals surface area contributed by atoms with Gasteiger partial charge in [0, 0.05) is 16.7 Å². The first-order chi connectivity index (χ1) is 12.8. The Kier molecular flexibility index (Phi) is 4.83. The van der Waals surface area contributed by atoms with Crippen molar-refractivity contribution in [2.24, 2.45) is 0 Å². The van der Waals surface area contributed by atoms with Gasteiger partial charge in [-0.05, 0) is 12.1 Å². The summed E-state index contributed by atoms with van der Waals surface area (Å²) in [6.45, 7) is 0. The summed E-state index contributed by atoms with van der Waals surface area (Å²) < 4.78 is 157. The molecule has 0 aliphatic rings. The summed E-state index contributed by atoms with van der Waals surface area (Å²) in [6, 6.07) is -0.186. The van der Waals surface area contributed by atoms with Crippen LogP contribution in [0.15, 0.2) is 59.5 Å². The fourth-order valence-electron chi connectivity index (χ4n) is 2.22. The van der Waals surface area contributed by atoms with Crippen LogP contribution >= 0.6 is 10.2 Å². The Morgan fingerprint density at radius 1 is 0.586 bits per heavy atom. The molecule has 0 nitrogen and oxygen atoms in total. The highest BCUT2D eigenvalue weighted by molar-refractivity contribution is 8.45. The Balaban J connectivity index is 2.45. The van der Waals surface area contributed by atoms with Crippen molar-refractivity contribution in [1.82, 2.24) is 0 Å². The lowest BCUT2D eigenvalue weighted by Gasteiger charge is -2.40. The second-order valence-electron chi connectivity index (χ2n) is 5.79. The topological polar surface area (TPSA) is 0 Å². The van der Waals surface area contributed by atoms with Gasteiger partial charge >= 0.3 is 28.1 Å². The number of hydrogen-bond acceptors (Lipinski definition) is 0. The van der Waals surface area contributed by atoms with Crippen molar-refractivity contribution in [3.63, 3.8) is 0 Å². The molecule has 0 aliphatic heterocycles. The van der Waals surface area contributed by atoms with E-state index in [1.807, 2.05) is 0 Å². The van der Waals surface area contributed by atoms with Gasteiger partial charge in [0.25, 0.3) is 0 Å². The maximum atomic E-state index is 14.2. The first-order valence-electron chi connectivity index (χ1n) is 7.19. The normalized spacial score (nSPS) is 15.4. The molecule has 0 unspecified atom stereocenters. The minimum absolute atomic E-state index is 0.217. The molecule has 0 amide bonds.